The fraction of sp³-hybridized carbons (Fsp3) is 0.238. The van der Waals surface area contributed by atoms with Gasteiger partial charge in [-0.05, 0) is 48.4 Å². The Morgan fingerprint density at radius 2 is 1.91 bits per heavy atom. The Kier molecular flexibility index (Phi) is 8.90. The molecule has 0 bridgehead atoms. The van der Waals surface area contributed by atoms with Crippen LogP contribution in [0.1, 0.15) is 18.9 Å². The molecular weight excluding hydrogens is 438 g/mol. The lowest BCUT2D eigenvalue weighted by molar-refractivity contribution is -0.143. The minimum Gasteiger partial charge on any atom is -0.466 e. The number of carbonyl (C=O) groups is 2. The second-order valence-corrected chi connectivity index (χ2v) is 8.03. The molecule has 2 aromatic carbocycles. The number of amides is 1. The van der Waals surface area contributed by atoms with Crippen LogP contribution in [-0.4, -0.2) is 33.7 Å². The van der Waals surface area contributed by atoms with Crippen LogP contribution < -0.4 is 10.0 Å². The molecule has 0 fully saturated rings. The van der Waals surface area contributed by atoms with Gasteiger partial charge in [0.1, 0.15) is 12.3 Å². The van der Waals surface area contributed by atoms with E-state index < -0.39 is 22.1 Å². The standard InChI is InChI=1S/C21H23N3O7S/c1-3-13-31-21(26)22-20-15(11-12-19(25)30-4-2)7-5-10-18(20)24-32(28,29)17-9-6-8-16(14-17)23-27/h3,5-10,14,24H,1,4,11-13H2,2H3,(H,22,26). The smallest absolute Gasteiger partial charge is 0.412 e. The van der Waals surface area contributed by atoms with Crippen LogP contribution in [0.2, 0.25) is 0 Å². The molecule has 0 saturated heterocycles. The van der Waals surface area contributed by atoms with E-state index in [1.165, 1.54) is 30.3 Å². The molecule has 10 nitrogen and oxygen atoms in total. The van der Waals surface area contributed by atoms with Gasteiger partial charge in [-0.3, -0.25) is 14.8 Å². The van der Waals surface area contributed by atoms with E-state index >= 15 is 0 Å². The van der Waals surface area contributed by atoms with E-state index in [2.05, 4.69) is 21.8 Å². The molecule has 170 valence electrons. The highest BCUT2D eigenvalue weighted by Gasteiger charge is 2.20. The van der Waals surface area contributed by atoms with Crippen LogP contribution in [0.4, 0.5) is 21.9 Å². The molecule has 2 aromatic rings. The van der Waals surface area contributed by atoms with Gasteiger partial charge in [0.25, 0.3) is 10.0 Å². The summed E-state index contributed by atoms with van der Waals surface area (Å²) in [6.07, 6.45) is 0.744. The van der Waals surface area contributed by atoms with Crippen molar-refractivity contribution in [2.75, 3.05) is 23.3 Å². The predicted molar refractivity (Wildman–Crippen MR) is 119 cm³/mol. The lowest BCUT2D eigenvalue weighted by Crippen LogP contribution is -2.19. The number of aryl methyl sites for hydroxylation is 1. The zero-order chi connectivity index (χ0) is 23.6. The molecule has 0 aliphatic carbocycles. The van der Waals surface area contributed by atoms with Crippen molar-refractivity contribution in [2.45, 2.75) is 24.7 Å². The van der Waals surface area contributed by atoms with Gasteiger partial charge in [-0.1, -0.05) is 30.9 Å². The molecule has 0 heterocycles. The minimum atomic E-state index is -4.13. The summed E-state index contributed by atoms with van der Waals surface area (Å²) in [5.74, 6) is -0.433. The molecule has 0 spiro atoms. The third-order valence-corrected chi connectivity index (χ3v) is 5.45. The van der Waals surface area contributed by atoms with Gasteiger partial charge in [-0.15, -0.1) is 4.91 Å². The van der Waals surface area contributed by atoms with Gasteiger partial charge in [-0.2, -0.15) is 0 Å². The van der Waals surface area contributed by atoms with Crippen molar-refractivity contribution in [1.82, 2.24) is 0 Å². The highest BCUT2D eigenvalue weighted by Crippen LogP contribution is 2.30. The molecule has 2 rings (SSSR count). The maximum atomic E-state index is 12.9. The van der Waals surface area contributed by atoms with Gasteiger partial charge in [0.15, 0.2) is 0 Å². The SMILES string of the molecule is C=CCOC(=O)Nc1c(CCC(=O)OCC)cccc1NS(=O)(=O)c1cccc(N=O)c1. The summed E-state index contributed by atoms with van der Waals surface area (Å²) < 4.78 is 38.0. The maximum absolute atomic E-state index is 12.9. The lowest BCUT2D eigenvalue weighted by atomic mass is 10.1. The summed E-state index contributed by atoms with van der Waals surface area (Å²) in [5.41, 5.74) is 0.602. The first-order valence-electron chi connectivity index (χ1n) is 9.59. The van der Waals surface area contributed by atoms with Crippen LogP contribution in [0.25, 0.3) is 0 Å². The van der Waals surface area contributed by atoms with Crippen LogP contribution in [0, 0.1) is 4.91 Å². The van der Waals surface area contributed by atoms with Gasteiger partial charge in [0.05, 0.1) is 22.9 Å². The molecule has 0 aliphatic heterocycles. The van der Waals surface area contributed by atoms with Crippen molar-refractivity contribution in [3.63, 3.8) is 0 Å². The highest BCUT2D eigenvalue weighted by atomic mass is 32.2. The molecule has 1 amide bonds. The second-order valence-electron chi connectivity index (χ2n) is 6.35. The molecule has 0 atom stereocenters. The highest BCUT2D eigenvalue weighted by molar-refractivity contribution is 7.92. The molecule has 11 heteroatoms. The quantitative estimate of drug-likeness (QED) is 0.291. The van der Waals surface area contributed by atoms with Crippen LogP contribution in [0.15, 0.2) is 65.2 Å². The molecule has 2 N–H and O–H groups in total. The summed E-state index contributed by atoms with van der Waals surface area (Å²) in [6.45, 7) is 5.32. The van der Waals surface area contributed by atoms with Crippen molar-refractivity contribution in [3.05, 3.63) is 65.6 Å². The average molecular weight is 461 g/mol. The molecule has 0 radical (unpaired) electrons. The number of nitrogens with zero attached hydrogens (tertiary/aromatic N) is 1. The fourth-order valence-corrected chi connectivity index (χ4v) is 3.81. The van der Waals surface area contributed by atoms with Gasteiger partial charge in [0, 0.05) is 6.42 Å². The summed E-state index contributed by atoms with van der Waals surface area (Å²) in [7, 11) is -4.13. The molecule has 0 saturated carbocycles. The number of hydrogen-bond acceptors (Lipinski definition) is 8. The van der Waals surface area contributed by atoms with Crippen molar-refractivity contribution in [3.8, 4) is 0 Å². The summed E-state index contributed by atoms with van der Waals surface area (Å²) in [6, 6.07) is 9.81. The number of hydrogen-bond donors (Lipinski definition) is 2. The summed E-state index contributed by atoms with van der Waals surface area (Å²) in [4.78, 5) is 34.5. The molecule has 32 heavy (non-hydrogen) atoms. The van der Waals surface area contributed by atoms with Crippen LogP contribution in [-0.2, 0) is 30.7 Å². The molecule has 0 aromatic heterocycles. The average Bonchev–Trinajstić information content (AvgIpc) is 2.78. The molecular formula is C21H23N3O7S. The summed E-state index contributed by atoms with van der Waals surface area (Å²) >= 11 is 0. The van der Waals surface area contributed by atoms with E-state index in [-0.39, 0.29) is 48.0 Å². The Bertz CT molecular complexity index is 1100. The first-order chi connectivity index (χ1) is 15.3. The number of rotatable bonds is 11. The van der Waals surface area contributed by atoms with Crippen molar-refractivity contribution in [1.29, 1.82) is 0 Å². The number of sulfonamides is 1. The Hall–Kier alpha value is -3.73. The number of nitrogens with one attached hydrogen (secondary N) is 2. The molecule has 0 aliphatic rings. The number of ether oxygens (including phenoxy) is 2. The van der Waals surface area contributed by atoms with Gasteiger partial charge >= 0.3 is 12.1 Å². The Labute approximate surface area is 185 Å². The largest absolute Gasteiger partial charge is 0.466 e. The molecule has 0 unspecified atom stereocenters. The van der Waals surface area contributed by atoms with Crippen molar-refractivity contribution in [2.24, 2.45) is 5.18 Å². The lowest BCUT2D eigenvalue weighted by Gasteiger charge is -2.17. The first-order valence-corrected chi connectivity index (χ1v) is 11.1. The minimum absolute atomic E-state index is 0.0213. The fourth-order valence-electron chi connectivity index (χ4n) is 2.69. The van der Waals surface area contributed by atoms with Crippen molar-refractivity contribution >= 4 is 39.1 Å². The van der Waals surface area contributed by atoms with E-state index in [1.807, 2.05) is 0 Å². The third-order valence-electron chi connectivity index (χ3n) is 4.09. The summed E-state index contributed by atoms with van der Waals surface area (Å²) in [5, 5.41) is 5.25. The number of benzene rings is 2. The zero-order valence-electron chi connectivity index (χ0n) is 17.4. The normalized spacial score (nSPS) is 10.7. The number of para-hydroxylation sites is 1. The third kappa shape index (κ3) is 6.91. The first kappa shape index (κ1) is 24.5. The van der Waals surface area contributed by atoms with E-state index in [1.54, 1.807) is 19.1 Å². The van der Waals surface area contributed by atoms with Crippen LogP contribution >= 0.6 is 0 Å². The number of nitroso groups, excluding NO2 is 1. The predicted octanol–water partition coefficient (Wildman–Crippen LogP) is 4.12. The van der Waals surface area contributed by atoms with Gasteiger partial charge < -0.3 is 9.47 Å². The van der Waals surface area contributed by atoms with Crippen LogP contribution in [0.5, 0.6) is 0 Å². The Morgan fingerprint density at radius 3 is 2.59 bits per heavy atom. The monoisotopic (exact) mass is 461 g/mol. The van der Waals surface area contributed by atoms with Gasteiger partial charge in [0.2, 0.25) is 0 Å². The maximum Gasteiger partial charge on any atom is 0.412 e. The number of anilines is 2. The van der Waals surface area contributed by atoms with E-state index in [0.717, 1.165) is 6.07 Å². The Morgan fingerprint density at radius 1 is 1.16 bits per heavy atom. The van der Waals surface area contributed by atoms with E-state index in [9.17, 15) is 22.9 Å². The van der Waals surface area contributed by atoms with Gasteiger partial charge in [-0.25, -0.2) is 13.2 Å². The van der Waals surface area contributed by atoms with Crippen LogP contribution in [0.3, 0.4) is 0 Å². The Balaban J connectivity index is 2.39. The second kappa shape index (κ2) is 11.6. The number of esters is 1. The topological polar surface area (TPSA) is 140 Å². The zero-order valence-corrected chi connectivity index (χ0v) is 18.2. The van der Waals surface area contributed by atoms with E-state index in [4.69, 9.17) is 9.47 Å². The van der Waals surface area contributed by atoms with E-state index in [0.29, 0.717) is 5.56 Å². The number of carbonyl (C=O) groups excluding carboxylic acids is 2. The van der Waals surface area contributed by atoms with Crippen molar-refractivity contribution < 1.29 is 27.5 Å².